The number of thioether (sulfide) groups is 2. The van der Waals surface area contributed by atoms with Gasteiger partial charge >= 0.3 is 5.97 Å². The molecule has 204 valence electrons. The van der Waals surface area contributed by atoms with Gasteiger partial charge in [0.1, 0.15) is 23.2 Å². The van der Waals surface area contributed by atoms with Crippen LogP contribution in [0, 0.1) is 0 Å². The van der Waals surface area contributed by atoms with Gasteiger partial charge in [-0.15, -0.1) is 16.9 Å². The molecule has 38 heavy (non-hydrogen) atoms. The monoisotopic (exact) mass is 584 g/mol. The molecule has 15 nitrogen and oxygen atoms in total. The van der Waals surface area contributed by atoms with Crippen molar-refractivity contribution >= 4 is 51.3 Å². The van der Waals surface area contributed by atoms with Gasteiger partial charge in [-0.1, -0.05) is 36.0 Å². The Morgan fingerprint density at radius 1 is 1.29 bits per heavy atom. The second kappa shape index (κ2) is 11.4. The summed E-state index contributed by atoms with van der Waals surface area (Å²) in [5.74, 6) is -2.43. The normalized spacial score (nSPS) is 20.1. The molecule has 0 aliphatic carbocycles. The third-order valence-electron chi connectivity index (χ3n) is 5.81. The minimum absolute atomic E-state index is 0.0739. The smallest absolute Gasteiger partial charge is 0.352 e. The largest absolute Gasteiger partial charge is 0.477 e. The summed E-state index contributed by atoms with van der Waals surface area (Å²) in [6, 6.07) is 4.50. The summed E-state index contributed by atoms with van der Waals surface area (Å²) >= 11 is 2.39. The van der Waals surface area contributed by atoms with Crippen molar-refractivity contribution in [2.75, 3.05) is 17.3 Å². The van der Waals surface area contributed by atoms with Crippen LogP contribution < -0.4 is 16.2 Å². The van der Waals surface area contributed by atoms with Gasteiger partial charge in [-0.25, -0.2) is 23.0 Å². The van der Waals surface area contributed by atoms with E-state index >= 15 is 0 Å². The minimum atomic E-state index is -3.73. The Morgan fingerprint density at radius 3 is 2.63 bits per heavy atom. The first-order valence-corrected chi connectivity index (χ1v) is 14.8. The first kappa shape index (κ1) is 28.0. The quantitative estimate of drug-likeness (QED) is 0.142. The van der Waals surface area contributed by atoms with Crippen molar-refractivity contribution in [3.05, 3.63) is 46.7 Å². The van der Waals surface area contributed by atoms with E-state index in [1.807, 2.05) is 0 Å². The predicted octanol–water partition coefficient (Wildman–Crippen LogP) is -2.02. The lowest BCUT2D eigenvalue weighted by Crippen LogP contribution is -2.71. The van der Waals surface area contributed by atoms with E-state index in [4.69, 9.17) is 16.0 Å². The number of primary sulfonamides is 1. The zero-order chi connectivity index (χ0) is 27.6. The summed E-state index contributed by atoms with van der Waals surface area (Å²) in [7, 11) is -3.73. The van der Waals surface area contributed by atoms with Crippen LogP contribution in [-0.4, -0.2) is 90.2 Å². The van der Waals surface area contributed by atoms with E-state index in [1.54, 1.807) is 24.3 Å². The molecule has 2 amide bonds. The van der Waals surface area contributed by atoms with E-state index in [-0.39, 0.29) is 41.3 Å². The molecule has 2 aromatic rings. The molecule has 4 rings (SSSR count). The molecule has 0 bridgehead atoms. The Hall–Kier alpha value is -3.03. The number of tetrazole rings is 1. The highest BCUT2D eigenvalue weighted by atomic mass is 32.2. The maximum Gasteiger partial charge on any atom is 0.352 e. The summed E-state index contributed by atoms with van der Waals surface area (Å²) in [5, 5.41) is 37.4. The number of carbonyl (C=O) groups excluding carboxylic acids is 2. The Balaban J connectivity index is 1.42. The Kier molecular flexibility index (Phi) is 8.38. The van der Waals surface area contributed by atoms with Crippen molar-refractivity contribution in [3.8, 4) is 0 Å². The number of nitrogens with zero attached hydrogens (tertiary/aromatic N) is 5. The lowest BCUT2D eigenvalue weighted by Gasteiger charge is -2.49. The molecular formula is C20H24N8O7S3. The van der Waals surface area contributed by atoms with Gasteiger partial charge in [-0.2, -0.15) is 0 Å². The Bertz CT molecular complexity index is 1380. The molecule has 0 radical (unpaired) electrons. The average molecular weight is 585 g/mol. The van der Waals surface area contributed by atoms with Gasteiger partial charge in [0.25, 0.3) is 5.91 Å². The van der Waals surface area contributed by atoms with Crippen molar-refractivity contribution in [2.45, 2.75) is 35.8 Å². The highest BCUT2D eigenvalue weighted by Crippen LogP contribution is 2.41. The fourth-order valence-electron chi connectivity index (χ4n) is 3.82. The number of sulfonamides is 1. The zero-order valence-corrected chi connectivity index (χ0v) is 22.1. The molecule has 3 heterocycles. The molecule has 2 unspecified atom stereocenters. The molecule has 2 aliphatic heterocycles. The van der Waals surface area contributed by atoms with Gasteiger partial charge in [-0.05, 0) is 27.1 Å². The number of carboxylic acid groups (broad SMARTS) is 1. The van der Waals surface area contributed by atoms with Crippen molar-refractivity contribution in [1.82, 2.24) is 30.4 Å². The van der Waals surface area contributed by atoms with Crippen LogP contribution in [-0.2, 0) is 37.6 Å². The first-order chi connectivity index (χ1) is 18.0. The SMILES string of the molecule is NC(C(=O)NC1C(=O)N2C(C(=O)O)=C(CSc3nnnn3CCS(N)(=O)=O)CS[C@H]12)c1ccc(CO)cc1. The number of nitrogens with one attached hydrogen (secondary N) is 1. The second-order valence-corrected chi connectivity index (χ2v) is 12.2. The first-order valence-electron chi connectivity index (χ1n) is 11.0. The number of aliphatic hydroxyl groups is 1. The third-order valence-corrected chi connectivity index (χ3v) is 8.95. The molecule has 7 N–H and O–H groups in total. The summed E-state index contributed by atoms with van der Waals surface area (Å²) in [4.78, 5) is 38.9. The van der Waals surface area contributed by atoms with Gasteiger partial charge in [0.05, 0.1) is 18.9 Å². The van der Waals surface area contributed by atoms with Crippen molar-refractivity contribution < 1.29 is 33.0 Å². The number of β-lactam (4-membered cyclic amide) rings is 1. The fraction of sp³-hybridized carbons (Fsp3) is 0.400. The van der Waals surface area contributed by atoms with Gasteiger partial charge < -0.3 is 21.3 Å². The van der Waals surface area contributed by atoms with Gasteiger partial charge in [0, 0.05) is 11.5 Å². The number of nitrogens with two attached hydrogens (primary N) is 2. The number of amides is 2. The number of rotatable bonds is 11. The third kappa shape index (κ3) is 6.00. The van der Waals surface area contributed by atoms with Gasteiger partial charge in [0.15, 0.2) is 0 Å². The standard InChI is InChI=1S/C20H24N8O7S3/c21-13(11-3-1-10(7-29)2-4-11)16(30)23-14-17(31)28-15(19(32)33)12(8-36-18(14)28)9-37-20-24-25-26-27(20)5-6-38(22,34)35/h1-4,13-14,18,29H,5-9,21H2,(H,23,30)(H,32,33)(H2,22,34,35)/t13?,14?,18-/m1/s1. The Labute approximate surface area is 225 Å². The van der Waals surface area contributed by atoms with Gasteiger partial charge in [-0.3, -0.25) is 14.5 Å². The summed E-state index contributed by atoms with van der Waals surface area (Å²) in [6.07, 6.45) is 0. The fourth-order valence-corrected chi connectivity index (χ4v) is 6.64. The number of aliphatic carboxylic acids is 1. The second-order valence-electron chi connectivity index (χ2n) is 8.37. The van der Waals surface area contributed by atoms with Crippen LogP contribution in [0.4, 0.5) is 0 Å². The number of aliphatic hydroxyl groups excluding tert-OH is 1. The molecule has 1 saturated heterocycles. The highest BCUT2D eigenvalue weighted by Gasteiger charge is 2.54. The van der Waals surface area contributed by atoms with Crippen LogP contribution in [0.5, 0.6) is 0 Å². The maximum absolute atomic E-state index is 12.9. The summed E-state index contributed by atoms with van der Waals surface area (Å²) in [5.41, 5.74) is 7.47. The molecule has 18 heteroatoms. The zero-order valence-electron chi connectivity index (χ0n) is 19.6. The molecule has 0 spiro atoms. The van der Waals surface area contributed by atoms with Gasteiger partial charge in [0.2, 0.25) is 21.1 Å². The highest BCUT2D eigenvalue weighted by molar-refractivity contribution is 8.01. The van der Waals surface area contributed by atoms with E-state index in [1.165, 1.54) is 16.4 Å². The number of aromatic nitrogens is 4. The maximum atomic E-state index is 12.9. The van der Waals surface area contributed by atoms with Crippen LogP contribution >= 0.6 is 23.5 Å². The average Bonchev–Trinajstić information content (AvgIpc) is 3.35. The molecule has 1 fully saturated rings. The van der Waals surface area contributed by atoms with Crippen LogP contribution in [0.15, 0.2) is 40.7 Å². The molecular weight excluding hydrogens is 560 g/mol. The molecule has 2 aliphatic rings. The van der Waals surface area contributed by atoms with E-state index < -0.39 is 45.3 Å². The predicted molar refractivity (Wildman–Crippen MR) is 135 cm³/mol. The lowest BCUT2D eigenvalue weighted by atomic mass is 10.0. The summed E-state index contributed by atoms with van der Waals surface area (Å²) in [6.45, 7) is -0.224. The number of carbonyl (C=O) groups is 3. The van der Waals surface area contributed by atoms with Crippen molar-refractivity contribution in [1.29, 1.82) is 0 Å². The Morgan fingerprint density at radius 2 is 2.00 bits per heavy atom. The van der Waals surface area contributed by atoms with Crippen LogP contribution in [0.25, 0.3) is 0 Å². The lowest BCUT2D eigenvalue weighted by molar-refractivity contribution is -0.150. The number of hydrogen-bond acceptors (Lipinski definition) is 12. The van der Waals surface area contributed by atoms with E-state index in [2.05, 4.69) is 20.8 Å². The van der Waals surface area contributed by atoms with Crippen molar-refractivity contribution in [3.63, 3.8) is 0 Å². The number of benzene rings is 1. The van der Waals surface area contributed by atoms with E-state index in [0.29, 0.717) is 16.7 Å². The molecule has 1 aromatic carbocycles. The van der Waals surface area contributed by atoms with Crippen LogP contribution in [0.1, 0.15) is 17.2 Å². The summed E-state index contributed by atoms with van der Waals surface area (Å²) < 4.78 is 23.7. The van der Waals surface area contributed by atoms with Crippen LogP contribution in [0.2, 0.25) is 0 Å². The van der Waals surface area contributed by atoms with Crippen molar-refractivity contribution in [2.24, 2.45) is 10.9 Å². The molecule has 3 atom stereocenters. The minimum Gasteiger partial charge on any atom is -0.477 e. The number of fused-ring (bicyclic) bond motifs is 1. The van der Waals surface area contributed by atoms with Crippen LogP contribution in [0.3, 0.4) is 0 Å². The number of hydrogen-bond donors (Lipinski definition) is 5. The molecule has 0 saturated carbocycles. The van der Waals surface area contributed by atoms with E-state index in [0.717, 1.165) is 16.7 Å². The number of aryl methyl sites for hydroxylation is 1. The number of carboxylic acids is 1. The van der Waals surface area contributed by atoms with E-state index in [9.17, 15) is 27.9 Å². The topological polar surface area (TPSA) is 237 Å². The molecule has 1 aromatic heterocycles.